The Kier molecular flexibility index (Phi) is 14.8. The molecule has 68 heavy (non-hydrogen) atoms. The van der Waals surface area contributed by atoms with E-state index in [2.05, 4.69) is 178 Å². The van der Waals surface area contributed by atoms with Crippen molar-refractivity contribution < 1.29 is 0 Å². The summed E-state index contributed by atoms with van der Waals surface area (Å²) in [5, 5.41) is 0. The minimum Gasteiger partial charge on any atom is -0.399 e. The van der Waals surface area contributed by atoms with E-state index in [-0.39, 0.29) is 21.7 Å². The van der Waals surface area contributed by atoms with Gasteiger partial charge in [-0.3, -0.25) is 0 Å². The van der Waals surface area contributed by atoms with Gasteiger partial charge in [0.25, 0.3) is 0 Å². The van der Waals surface area contributed by atoms with Gasteiger partial charge in [0.1, 0.15) is 0 Å². The molecule has 0 spiro atoms. The van der Waals surface area contributed by atoms with Crippen molar-refractivity contribution in [2.75, 3.05) is 34.4 Å². The maximum Gasteiger partial charge on any atom is 0.0317 e. The molecule has 0 aromatic heterocycles. The van der Waals surface area contributed by atoms with Gasteiger partial charge in [0, 0.05) is 55.8 Å². The molecule has 0 aliphatic carbocycles. The van der Waals surface area contributed by atoms with Gasteiger partial charge in [-0.1, -0.05) is 165 Å². The van der Waals surface area contributed by atoms with Crippen LogP contribution in [0.1, 0.15) is 111 Å². The van der Waals surface area contributed by atoms with E-state index in [1.54, 1.807) is 0 Å². The monoisotopic (exact) mass is 901 g/mol. The third-order valence-electron chi connectivity index (χ3n) is 14.0. The number of nitrogen functional groups attached to an aromatic ring is 6. The van der Waals surface area contributed by atoms with Crippen LogP contribution in [0.3, 0.4) is 0 Å². The van der Waals surface area contributed by atoms with Gasteiger partial charge in [-0.2, -0.15) is 0 Å². The number of rotatable bonds is 9. The highest BCUT2D eigenvalue weighted by Crippen LogP contribution is 2.39. The average molecular weight is 901 g/mol. The zero-order valence-corrected chi connectivity index (χ0v) is 41.8. The van der Waals surface area contributed by atoms with Gasteiger partial charge in [-0.05, 0) is 153 Å². The highest BCUT2D eigenvalue weighted by atomic mass is 14.6. The third-order valence-corrected chi connectivity index (χ3v) is 14.0. The predicted octanol–water partition coefficient (Wildman–Crippen LogP) is 14.1. The minimum absolute atomic E-state index is 0.0719. The quantitative estimate of drug-likeness (QED) is 0.0792. The summed E-state index contributed by atoms with van der Waals surface area (Å²) in [6.07, 6.45) is 0. The summed E-state index contributed by atoms with van der Waals surface area (Å²) in [6.45, 7) is 22.2. The molecule has 8 rings (SSSR count). The van der Waals surface area contributed by atoms with Crippen LogP contribution in [0.2, 0.25) is 0 Å². The van der Waals surface area contributed by atoms with Crippen molar-refractivity contribution in [3.63, 3.8) is 0 Å². The van der Waals surface area contributed by atoms with Crippen molar-refractivity contribution in [3.05, 3.63) is 238 Å². The minimum atomic E-state index is -0.0963. The lowest BCUT2D eigenvalue weighted by atomic mass is 9.73. The fraction of sp³-hybridized carbons (Fsp3) is 0.226. The van der Waals surface area contributed by atoms with Gasteiger partial charge in [-0.15, -0.1) is 0 Å². The number of anilines is 6. The van der Waals surface area contributed by atoms with E-state index in [4.69, 9.17) is 34.4 Å². The fourth-order valence-electron chi connectivity index (χ4n) is 8.84. The van der Waals surface area contributed by atoms with Crippen LogP contribution in [0.4, 0.5) is 34.1 Å². The molecule has 0 bridgehead atoms. The smallest absolute Gasteiger partial charge is 0.0317 e. The lowest BCUT2D eigenvalue weighted by Gasteiger charge is -2.31. The van der Waals surface area contributed by atoms with Crippen molar-refractivity contribution >= 4 is 34.1 Å². The Morgan fingerprint density at radius 2 is 0.441 bits per heavy atom. The highest BCUT2D eigenvalue weighted by Gasteiger charge is 2.29. The Hall–Kier alpha value is -7.44. The first kappa shape index (κ1) is 50.0. The van der Waals surface area contributed by atoms with Crippen LogP contribution in [-0.4, -0.2) is 0 Å². The third kappa shape index (κ3) is 11.4. The summed E-state index contributed by atoms with van der Waals surface area (Å²) in [6, 6.07) is 62.5. The lowest BCUT2D eigenvalue weighted by Crippen LogP contribution is -2.23. The van der Waals surface area contributed by atoms with Crippen LogP contribution in [0, 0.1) is 13.8 Å². The van der Waals surface area contributed by atoms with E-state index < -0.39 is 0 Å². The molecule has 0 unspecified atom stereocenters. The van der Waals surface area contributed by atoms with Crippen LogP contribution >= 0.6 is 0 Å². The van der Waals surface area contributed by atoms with Crippen molar-refractivity contribution in [1.82, 2.24) is 0 Å². The number of nitrogens with two attached hydrogens (primary N) is 6. The van der Waals surface area contributed by atoms with Gasteiger partial charge >= 0.3 is 0 Å². The molecule has 12 N–H and O–H groups in total. The lowest BCUT2D eigenvalue weighted by molar-refractivity contribution is 0.617. The number of hydrogen-bond donors (Lipinski definition) is 6. The molecule has 0 amide bonds. The normalized spacial score (nSPS) is 11.7. The van der Waals surface area contributed by atoms with E-state index in [9.17, 15) is 0 Å². The van der Waals surface area contributed by atoms with Crippen LogP contribution in [-0.2, 0) is 21.7 Å². The molecule has 8 aromatic rings. The van der Waals surface area contributed by atoms with E-state index in [0.717, 1.165) is 34.1 Å². The first-order valence-electron chi connectivity index (χ1n) is 23.4. The summed E-state index contributed by atoms with van der Waals surface area (Å²) < 4.78 is 0. The molecule has 6 nitrogen and oxygen atoms in total. The summed E-state index contributed by atoms with van der Waals surface area (Å²) in [7, 11) is 0. The molecule has 8 aromatic carbocycles. The number of hydrogen-bond acceptors (Lipinski definition) is 6. The second kappa shape index (κ2) is 20.2. The molecule has 350 valence electrons. The maximum atomic E-state index is 5.86. The Balaban J connectivity index is 0.000000173. The van der Waals surface area contributed by atoms with E-state index in [1.165, 1.54) is 66.8 Å². The maximum absolute atomic E-state index is 5.86. The van der Waals surface area contributed by atoms with Crippen LogP contribution in [0.5, 0.6) is 0 Å². The summed E-state index contributed by atoms with van der Waals surface area (Å²) >= 11 is 0. The molecule has 0 aliphatic rings. The Bertz CT molecular complexity index is 2730. The van der Waals surface area contributed by atoms with Crippen LogP contribution in [0.15, 0.2) is 182 Å². The second-order valence-corrected chi connectivity index (χ2v) is 20.3. The van der Waals surface area contributed by atoms with Crippen LogP contribution in [0.25, 0.3) is 11.1 Å². The number of aryl methyl sites for hydroxylation is 2. The van der Waals surface area contributed by atoms with Crippen molar-refractivity contribution in [1.29, 1.82) is 0 Å². The topological polar surface area (TPSA) is 156 Å². The zero-order valence-electron chi connectivity index (χ0n) is 41.8. The van der Waals surface area contributed by atoms with E-state index in [1.807, 2.05) is 72.8 Å². The molecular formula is C62H72N6. The number of benzene rings is 8. The Morgan fingerprint density at radius 3 is 0.676 bits per heavy atom. The summed E-state index contributed by atoms with van der Waals surface area (Å²) in [4.78, 5) is 0. The van der Waals surface area contributed by atoms with Gasteiger partial charge < -0.3 is 34.4 Å². The molecule has 0 fully saturated rings. The Labute approximate surface area is 406 Å². The first-order chi connectivity index (χ1) is 32.0. The van der Waals surface area contributed by atoms with Gasteiger partial charge in [0.05, 0.1) is 0 Å². The molecule has 0 radical (unpaired) electrons. The van der Waals surface area contributed by atoms with Gasteiger partial charge in [0.15, 0.2) is 0 Å². The Morgan fingerprint density at radius 1 is 0.235 bits per heavy atom. The summed E-state index contributed by atoms with van der Waals surface area (Å²) in [5.74, 6) is 0. The molecule has 0 saturated heterocycles. The van der Waals surface area contributed by atoms with Crippen LogP contribution < -0.4 is 34.4 Å². The van der Waals surface area contributed by atoms with Crippen molar-refractivity contribution in [2.24, 2.45) is 0 Å². The van der Waals surface area contributed by atoms with Gasteiger partial charge in [-0.25, -0.2) is 0 Å². The first-order valence-corrected chi connectivity index (χ1v) is 23.4. The molecule has 0 heterocycles. The standard InChI is InChI=1S/2C24H28N2.C14H16N2/c1-23(2,19-9-13-21(25)14-10-19)17-5-7-18(8-6-17)24(3,4)20-11-15-22(26)16-12-20;1-23(2,17-8-12-21(25)13-9-17)19-6-5-7-20(16-19)24(3,4)18-10-14-22(26)15-11-18;1-9-7-11(15)3-5-13(9)14-6-4-12(16)8-10(14)2/h2*5-16H,25-26H2,1-4H3;3-8H,15-16H2,1-2H3. The average Bonchev–Trinajstić information content (AvgIpc) is 3.30. The van der Waals surface area contributed by atoms with Gasteiger partial charge in [0.2, 0.25) is 0 Å². The molecule has 0 aliphatic heterocycles. The molecule has 0 atom stereocenters. The van der Waals surface area contributed by atoms with E-state index >= 15 is 0 Å². The largest absolute Gasteiger partial charge is 0.399 e. The predicted molar refractivity (Wildman–Crippen MR) is 295 cm³/mol. The summed E-state index contributed by atoms with van der Waals surface area (Å²) in [5.41, 5.74) is 54.3. The fourth-order valence-corrected chi connectivity index (χ4v) is 8.84. The molecular weight excluding hydrogens is 829 g/mol. The highest BCUT2D eigenvalue weighted by molar-refractivity contribution is 5.74. The zero-order chi connectivity index (χ0) is 49.6. The molecule has 0 saturated carbocycles. The van der Waals surface area contributed by atoms with E-state index in [0.29, 0.717) is 0 Å². The van der Waals surface area contributed by atoms with Crippen molar-refractivity contribution in [3.8, 4) is 11.1 Å². The molecule has 6 heteroatoms. The SMILES string of the molecule is CC(C)(c1ccc(N)cc1)c1ccc(C(C)(C)c2ccc(N)cc2)cc1.CC(C)(c1ccc(N)cc1)c1cccc(C(C)(C)c2ccc(N)cc2)c1.Cc1cc(N)ccc1-c1ccc(N)cc1C. The second-order valence-electron chi connectivity index (χ2n) is 20.3. The van der Waals surface area contributed by atoms with Crippen molar-refractivity contribution in [2.45, 2.75) is 90.9 Å².